The molecule has 0 aliphatic heterocycles. The summed E-state index contributed by atoms with van der Waals surface area (Å²) in [5.41, 5.74) is 3.98. The second kappa shape index (κ2) is 11.1. The van der Waals surface area contributed by atoms with Crippen LogP contribution in [-0.2, 0) is 21.2 Å². The quantitative estimate of drug-likeness (QED) is 0.217. The number of carbonyl (C=O) groups is 1. The number of nitrogens with one attached hydrogen (secondary N) is 1. The van der Waals surface area contributed by atoms with E-state index in [1.807, 2.05) is 6.92 Å². The molecule has 1 unspecified atom stereocenters. The van der Waals surface area contributed by atoms with E-state index in [2.05, 4.69) is 51.9 Å². The summed E-state index contributed by atoms with van der Waals surface area (Å²) in [6.07, 6.45) is 3.12. The first-order valence-electron chi connectivity index (χ1n) is 11.6. The molecule has 4 aromatic rings. The van der Waals surface area contributed by atoms with Gasteiger partial charge in [0.1, 0.15) is 16.2 Å². The van der Waals surface area contributed by atoms with Crippen LogP contribution < -0.4 is 5.32 Å². The number of thiophene rings is 1. The summed E-state index contributed by atoms with van der Waals surface area (Å²) < 4.78 is 25.7. The van der Waals surface area contributed by atoms with Crippen molar-refractivity contribution in [2.75, 3.05) is 19.4 Å². The lowest BCUT2D eigenvalue weighted by atomic mass is 10.0. The first-order valence-corrected chi connectivity index (χ1v) is 14.8. The maximum atomic E-state index is 13.1. The van der Waals surface area contributed by atoms with Gasteiger partial charge >= 0.3 is 0 Å². The van der Waals surface area contributed by atoms with E-state index in [4.69, 9.17) is 0 Å². The van der Waals surface area contributed by atoms with Crippen molar-refractivity contribution in [2.45, 2.75) is 41.9 Å². The lowest BCUT2D eigenvalue weighted by Crippen LogP contribution is -2.25. The van der Waals surface area contributed by atoms with Gasteiger partial charge in [-0.3, -0.25) is 4.79 Å². The Morgan fingerprint density at radius 3 is 2.36 bits per heavy atom. The van der Waals surface area contributed by atoms with Gasteiger partial charge in [0.2, 0.25) is 15.9 Å². The van der Waals surface area contributed by atoms with Crippen molar-refractivity contribution in [3.8, 4) is 11.1 Å². The highest BCUT2D eigenvalue weighted by Crippen LogP contribution is 2.39. The van der Waals surface area contributed by atoms with Crippen LogP contribution in [0, 0.1) is 0 Å². The third kappa shape index (κ3) is 5.46. The van der Waals surface area contributed by atoms with Gasteiger partial charge in [0, 0.05) is 30.7 Å². The maximum Gasteiger partial charge on any atom is 0.242 e. The molecule has 1 amide bonds. The smallest absolute Gasteiger partial charge is 0.242 e. The maximum absolute atomic E-state index is 13.1. The van der Waals surface area contributed by atoms with Gasteiger partial charge in [0.05, 0.1) is 15.5 Å². The number of aromatic nitrogens is 2. The molecular formula is C26H28N4O3S3. The van der Waals surface area contributed by atoms with Gasteiger partial charge in [-0.2, -0.15) is 0 Å². The SMILES string of the molecule is CCc1ccc(-c2csc3ncnc(SC(CC)C(=O)Nc4ccc(S(=O)(=O)N(C)C)cc4)c23)cc1. The Balaban J connectivity index is 1.56. The third-order valence-corrected chi connectivity index (χ3v) is 9.91. The van der Waals surface area contributed by atoms with E-state index in [0.29, 0.717) is 12.1 Å². The molecule has 36 heavy (non-hydrogen) atoms. The summed E-state index contributed by atoms with van der Waals surface area (Å²) >= 11 is 2.99. The van der Waals surface area contributed by atoms with Crippen LogP contribution in [0.4, 0.5) is 5.69 Å². The molecule has 2 aromatic carbocycles. The molecule has 188 valence electrons. The van der Waals surface area contributed by atoms with E-state index < -0.39 is 10.0 Å². The van der Waals surface area contributed by atoms with Gasteiger partial charge in [-0.05, 0) is 48.2 Å². The summed E-state index contributed by atoms with van der Waals surface area (Å²) in [5.74, 6) is -0.165. The molecule has 0 bridgehead atoms. The van der Waals surface area contributed by atoms with Crippen LogP contribution in [0.5, 0.6) is 0 Å². The number of aryl methyl sites for hydroxylation is 1. The minimum atomic E-state index is -3.53. The van der Waals surface area contributed by atoms with Crippen molar-refractivity contribution in [2.24, 2.45) is 0 Å². The fourth-order valence-corrected chi connectivity index (χ4v) is 6.59. The average molecular weight is 541 g/mol. The van der Waals surface area contributed by atoms with Crippen molar-refractivity contribution >= 4 is 54.9 Å². The molecule has 0 aliphatic carbocycles. The third-order valence-electron chi connectivity index (χ3n) is 5.83. The molecule has 0 radical (unpaired) electrons. The van der Waals surface area contributed by atoms with E-state index in [1.54, 1.807) is 29.8 Å². The van der Waals surface area contributed by atoms with Crippen molar-refractivity contribution in [3.05, 3.63) is 65.8 Å². The molecule has 0 aliphatic rings. The lowest BCUT2D eigenvalue weighted by Gasteiger charge is -2.16. The number of hydrogen-bond acceptors (Lipinski definition) is 7. The number of benzene rings is 2. The number of fused-ring (bicyclic) bond motifs is 1. The van der Waals surface area contributed by atoms with Crippen LogP contribution in [0.25, 0.3) is 21.3 Å². The molecule has 0 fully saturated rings. The predicted octanol–water partition coefficient (Wildman–Crippen LogP) is 5.68. The summed E-state index contributed by atoms with van der Waals surface area (Å²) in [7, 11) is -0.560. The Labute approximate surface area is 220 Å². The van der Waals surface area contributed by atoms with Crippen LogP contribution in [0.2, 0.25) is 0 Å². The second-order valence-corrected chi connectivity index (χ2v) is 12.6. The highest BCUT2D eigenvalue weighted by molar-refractivity contribution is 8.00. The predicted molar refractivity (Wildman–Crippen MR) is 148 cm³/mol. The van der Waals surface area contributed by atoms with Crippen LogP contribution in [-0.4, -0.2) is 47.9 Å². The monoisotopic (exact) mass is 540 g/mol. The van der Waals surface area contributed by atoms with Gasteiger partial charge in [0.25, 0.3) is 0 Å². The molecule has 0 saturated carbocycles. The van der Waals surface area contributed by atoms with Crippen LogP contribution in [0.3, 0.4) is 0 Å². The average Bonchev–Trinajstić information content (AvgIpc) is 3.32. The zero-order valence-corrected chi connectivity index (χ0v) is 23.0. The molecule has 2 heterocycles. The number of sulfonamides is 1. The molecule has 1 atom stereocenters. The van der Waals surface area contributed by atoms with Gasteiger partial charge in [0.15, 0.2) is 0 Å². The minimum Gasteiger partial charge on any atom is -0.325 e. The fraction of sp³-hybridized carbons (Fsp3) is 0.269. The Hall–Kier alpha value is -2.79. The number of rotatable bonds is 9. The number of nitrogens with zero attached hydrogens (tertiary/aromatic N) is 3. The number of carbonyl (C=O) groups excluding carboxylic acids is 1. The van der Waals surface area contributed by atoms with Gasteiger partial charge < -0.3 is 5.32 Å². The zero-order chi connectivity index (χ0) is 25.9. The van der Waals surface area contributed by atoms with E-state index in [9.17, 15) is 13.2 Å². The highest BCUT2D eigenvalue weighted by Gasteiger charge is 2.23. The number of anilines is 1. The summed E-state index contributed by atoms with van der Waals surface area (Å²) in [4.78, 5) is 23.2. The van der Waals surface area contributed by atoms with E-state index >= 15 is 0 Å². The first-order chi connectivity index (χ1) is 17.2. The summed E-state index contributed by atoms with van der Waals surface area (Å²) in [6.45, 7) is 4.09. The molecule has 2 aromatic heterocycles. The normalized spacial score (nSPS) is 12.7. The molecule has 0 saturated heterocycles. The van der Waals surface area contributed by atoms with Gasteiger partial charge in [-0.1, -0.05) is 49.9 Å². The van der Waals surface area contributed by atoms with Crippen LogP contribution in [0.1, 0.15) is 25.8 Å². The zero-order valence-electron chi connectivity index (χ0n) is 20.6. The Morgan fingerprint density at radius 1 is 1.06 bits per heavy atom. The van der Waals surface area contributed by atoms with E-state index in [1.165, 1.54) is 43.6 Å². The Morgan fingerprint density at radius 2 is 1.75 bits per heavy atom. The highest BCUT2D eigenvalue weighted by atomic mass is 32.2. The first kappa shape index (κ1) is 26.3. The molecule has 0 spiro atoms. The van der Waals surface area contributed by atoms with Crippen molar-refractivity contribution in [1.82, 2.24) is 14.3 Å². The van der Waals surface area contributed by atoms with Gasteiger partial charge in [-0.25, -0.2) is 22.7 Å². The molecule has 1 N–H and O–H groups in total. The molecular weight excluding hydrogens is 513 g/mol. The van der Waals surface area contributed by atoms with Crippen LogP contribution >= 0.6 is 23.1 Å². The second-order valence-electron chi connectivity index (χ2n) is 8.37. The number of thioether (sulfide) groups is 1. The van der Waals surface area contributed by atoms with Crippen molar-refractivity contribution in [3.63, 3.8) is 0 Å². The largest absolute Gasteiger partial charge is 0.325 e. The van der Waals surface area contributed by atoms with Crippen molar-refractivity contribution < 1.29 is 13.2 Å². The standard InChI is InChI=1S/C26H28N4O3S3/c1-5-17-7-9-18(10-8-17)21-15-34-25-23(21)26(28-16-27-25)35-22(6-2)24(31)29-19-11-13-20(14-12-19)36(32,33)30(3)4/h7-16,22H,5-6H2,1-4H3,(H,29,31). The summed E-state index contributed by atoms with van der Waals surface area (Å²) in [6, 6.07) is 14.7. The lowest BCUT2D eigenvalue weighted by molar-refractivity contribution is -0.115. The molecule has 10 heteroatoms. The van der Waals surface area contributed by atoms with E-state index in [0.717, 1.165) is 37.1 Å². The minimum absolute atomic E-state index is 0.165. The Kier molecular flexibility index (Phi) is 8.09. The molecule has 7 nitrogen and oxygen atoms in total. The molecule has 4 rings (SSSR count). The topological polar surface area (TPSA) is 92.3 Å². The van der Waals surface area contributed by atoms with E-state index in [-0.39, 0.29) is 16.1 Å². The van der Waals surface area contributed by atoms with Crippen molar-refractivity contribution in [1.29, 1.82) is 0 Å². The number of hydrogen-bond donors (Lipinski definition) is 1. The Bertz CT molecular complexity index is 1460. The fourth-order valence-electron chi connectivity index (χ4n) is 3.67. The number of amides is 1. The summed E-state index contributed by atoms with van der Waals surface area (Å²) in [5, 5.41) is 6.35. The van der Waals surface area contributed by atoms with Crippen LogP contribution in [0.15, 0.2) is 70.2 Å². The van der Waals surface area contributed by atoms with Gasteiger partial charge in [-0.15, -0.1) is 11.3 Å².